The third-order valence-corrected chi connectivity index (χ3v) is 10.9. The fourth-order valence-corrected chi connectivity index (χ4v) is 4.31. The van der Waals surface area contributed by atoms with Crippen molar-refractivity contribution in [3.63, 3.8) is 0 Å². The summed E-state index contributed by atoms with van der Waals surface area (Å²) in [6, 6.07) is 0. The van der Waals surface area contributed by atoms with Crippen molar-refractivity contribution in [1.29, 1.82) is 0 Å². The summed E-state index contributed by atoms with van der Waals surface area (Å²) in [5, 5.41) is 2.74. The van der Waals surface area contributed by atoms with Crippen molar-refractivity contribution < 1.29 is 18.7 Å². The van der Waals surface area contributed by atoms with Gasteiger partial charge < -0.3 is 13.9 Å². The molecule has 0 aromatic carbocycles. The molecule has 4 heterocycles. The highest BCUT2D eigenvalue weighted by Crippen LogP contribution is 2.46. The lowest BCUT2D eigenvalue weighted by Crippen LogP contribution is -2.43. The van der Waals surface area contributed by atoms with Gasteiger partial charge in [-0.3, -0.25) is 24.5 Å². The molecule has 0 aliphatic carbocycles. The van der Waals surface area contributed by atoms with E-state index in [4.69, 9.17) is 13.9 Å². The van der Waals surface area contributed by atoms with Crippen LogP contribution in [-0.2, 0) is 18.7 Å². The highest BCUT2D eigenvalue weighted by Gasteiger charge is 2.59. The lowest BCUT2D eigenvalue weighted by Gasteiger charge is -2.37. The summed E-state index contributed by atoms with van der Waals surface area (Å²) in [7, 11) is -1.91. The number of nitrogens with zero attached hydrogens (tertiary/aromatic N) is 3. The summed E-state index contributed by atoms with van der Waals surface area (Å²) < 4.78 is 20.1. The monoisotopic (exact) mass is 449 g/mol. The molecule has 2 saturated heterocycles. The molecule has 4 atom stereocenters. The maximum Gasteiger partial charge on any atom is 0.280 e. The van der Waals surface area contributed by atoms with Gasteiger partial charge in [0, 0.05) is 5.92 Å². The van der Waals surface area contributed by atoms with Gasteiger partial charge in [-0.1, -0.05) is 34.6 Å². The van der Waals surface area contributed by atoms with E-state index in [0.717, 1.165) is 0 Å². The summed E-state index contributed by atoms with van der Waals surface area (Å²) in [4.78, 5) is 35.6. The Bertz CT molecular complexity index is 1060. The number of epoxide rings is 1. The maximum absolute atomic E-state index is 12.4. The van der Waals surface area contributed by atoms with Crippen LogP contribution in [0.3, 0.4) is 0 Å². The predicted octanol–water partition coefficient (Wildman–Crippen LogP) is 2.40. The van der Waals surface area contributed by atoms with E-state index in [2.05, 4.69) is 54.1 Å². The van der Waals surface area contributed by atoms with Crippen molar-refractivity contribution in [3.05, 3.63) is 16.7 Å². The van der Waals surface area contributed by atoms with Gasteiger partial charge >= 0.3 is 0 Å². The second-order valence-electron chi connectivity index (χ2n) is 10.1. The van der Waals surface area contributed by atoms with E-state index in [-0.39, 0.29) is 46.6 Å². The molecular weight excluding hydrogens is 418 g/mol. The van der Waals surface area contributed by atoms with Crippen molar-refractivity contribution in [1.82, 2.24) is 19.5 Å². The Labute approximate surface area is 181 Å². The molecule has 4 rings (SSSR count). The van der Waals surface area contributed by atoms with E-state index >= 15 is 0 Å². The second-order valence-corrected chi connectivity index (χ2v) is 14.9. The molecule has 0 unspecified atom stereocenters. The highest BCUT2D eigenvalue weighted by atomic mass is 28.4. The smallest absolute Gasteiger partial charge is 0.280 e. The molecule has 2 N–H and O–H groups in total. The number of hydrogen-bond acceptors (Lipinski definition) is 7. The normalized spacial score (nSPS) is 25.8. The standard InChI is InChI=1S/C20H31N5O5Si/c1-10(2)16(26)23-19-22-15-12(17(27)24-19)21-9-25(15)18-14-13(30-14)11(29-18)8-28-31(6,7)20(3,4)5/h9-11,13-14,18H,8H2,1-7H3,(H2,22,23,24,26,27)/t11-,13+,14+,18-/m1/s1. The Kier molecular flexibility index (Phi) is 5.36. The molecule has 2 aromatic heterocycles. The van der Waals surface area contributed by atoms with Crippen LogP contribution in [-0.4, -0.2) is 58.7 Å². The average molecular weight is 450 g/mol. The van der Waals surface area contributed by atoms with Crippen molar-refractivity contribution in [2.24, 2.45) is 5.92 Å². The van der Waals surface area contributed by atoms with Gasteiger partial charge in [0.2, 0.25) is 11.9 Å². The van der Waals surface area contributed by atoms with Crippen LogP contribution >= 0.6 is 0 Å². The number of nitrogens with one attached hydrogen (secondary N) is 2. The van der Waals surface area contributed by atoms with Gasteiger partial charge in [0.1, 0.15) is 18.3 Å². The average Bonchev–Trinajstić information content (AvgIpc) is 3.19. The molecule has 2 aliphatic heterocycles. The molecule has 11 heteroatoms. The summed E-state index contributed by atoms with van der Waals surface area (Å²) in [6.45, 7) is 15.0. The van der Waals surface area contributed by atoms with E-state index in [1.165, 1.54) is 6.33 Å². The quantitative estimate of drug-likeness (QED) is 0.513. The highest BCUT2D eigenvalue weighted by molar-refractivity contribution is 6.74. The number of ether oxygens (including phenoxy) is 2. The largest absolute Gasteiger partial charge is 0.414 e. The molecule has 0 bridgehead atoms. The van der Waals surface area contributed by atoms with Crippen LogP contribution in [0.1, 0.15) is 40.8 Å². The molecule has 2 aliphatic rings. The minimum absolute atomic E-state index is 0.0469. The van der Waals surface area contributed by atoms with E-state index < -0.39 is 20.1 Å². The number of aromatic amines is 1. The van der Waals surface area contributed by atoms with Crippen LogP contribution in [0.4, 0.5) is 5.95 Å². The second kappa shape index (κ2) is 7.50. The molecule has 10 nitrogen and oxygen atoms in total. The van der Waals surface area contributed by atoms with Gasteiger partial charge in [0.15, 0.2) is 25.7 Å². The topological polar surface area (TPSA) is 124 Å². The Morgan fingerprint density at radius 3 is 2.68 bits per heavy atom. The van der Waals surface area contributed by atoms with E-state index in [9.17, 15) is 9.59 Å². The molecular formula is C20H31N5O5Si. The van der Waals surface area contributed by atoms with Crippen LogP contribution < -0.4 is 10.9 Å². The third kappa shape index (κ3) is 4.07. The lowest BCUT2D eigenvalue weighted by molar-refractivity contribution is -0.118. The third-order valence-electron chi connectivity index (χ3n) is 6.41. The Balaban J connectivity index is 1.54. The van der Waals surface area contributed by atoms with Crippen molar-refractivity contribution in [2.75, 3.05) is 11.9 Å². The molecule has 0 spiro atoms. The van der Waals surface area contributed by atoms with Gasteiger partial charge in [0.25, 0.3) is 5.56 Å². The first-order chi connectivity index (χ1) is 14.4. The summed E-state index contributed by atoms with van der Waals surface area (Å²) in [6.07, 6.45) is 0.700. The van der Waals surface area contributed by atoms with Crippen molar-refractivity contribution >= 4 is 31.3 Å². The lowest BCUT2D eigenvalue weighted by atomic mass is 10.2. The minimum atomic E-state index is -1.91. The Morgan fingerprint density at radius 1 is 1.32 bits per heavy atom. The van der Waals surface area contributed by atoms with Gasteiger partial charge in [0.05, 0.1) is 12.9 Å². The number of imidazole rings is 1. The molecule has 0 radical (unpaired) electrons. The minimum Gasteiger partial charge on any atom is -0.414 e. The molecule has 2 fully saturated rings. The Morgan fingerprint density at radius 2 is 2.03 bits per heavy atom. The zero-order chi connectivity index (χ0) is 22.7. The van der Waals surface area contributed by atoms with Crippen LogP contribution in [0.2, 0.25) is 18.1 Å². The molecule has 2 aromatic rings. The fraction of sp³-hybridized carbons (Fsp3) is 0.700. The van der Waals surface area contributed by atoms with Crippen molar-refractivity contribution in [2.45, 2.75) is 77.3 Å². The van der Waals surface area contributed by atoms with Crippen LogP contribution in [0, 0.1) is 5.92 Å². The number of amides is 1. The van der Waals surface area contributed by atoms with Crippen LogP contribution in [0.15, 0.2) is 11.1 Å². The summed E-state index contributed by atoms with van der Waals surface area (Å²) in [5.41, 5.74) is 0.101. The number of H-pyrrole nitrogens is 1. The SMILES string of the molecule is CC(C)C(=O)Nc1nc2c(ncn2[C@@H]2O[C@H](CO[Si](C)(C)C(C)(C)C)[C@@H]3O[C@@H]32)c(=O)[nH]1. The fourth-order valence-electron chi connectivity index (χ4n) is 3.30. The number of hydrogen-bond donors (Lipinski definition) is 2. The van der Waals surface area contributed by atoms with Crippen LogP contribution in [0.5, 0.6) is 0 Å². The molecule has 1 amide bonds. The van der Waals surface area contributed by atoms with Gasteiger partial charge in [-0.05, 0) is 18.1 Å². The van der Waals surface area contributed by atoms with Crippen LogP contribution in [0.25, 0.3) is 11.2 Å². The zero-order valence-electron chi connectivity index (χ0n) is 19.1. The Hall–Kier alpha value is -2.08. The molecule has 31 heavy (non-hydrogen) atoms. The van der Waals surface area contributed by atoms with Gasteiger partial charge in [-0.2, -0.15) is 4.98 Å². The molecule has 0 saturated carbocycles. The number of aromatic nitrogens is 4. The van der Waals surface area contributed by atoms with Gasteiger partial charge in [-0.15, -0.1) is 0 Å². The number of anilines is 1. The maximum atomic E-state index is 12.4. The first-order valence-corrected chi connectivity index (χ1v) is 13.5. The zero-order valence-corrected chi connectivity index (χ0v) is 20.1. The predicted molar refractivity (Wildman–Crippen MR) is 117 cm³/mol. The van der Waals surface area contributed by atoms with E-state index in [1.807, 2.05) is 0 Å². The molecule has 170 valence electrons. The summed E-state index contributed by atoms with van der Waals surface area (Å²) in [5.74, 6) is -0.396. The number of carbonyl (C=O) groups excluding carboxylic acids is 1. The summed E-state index contributed by atoms with van der Waals surface area (Å²) >= 11 is 0. The number of carbonyl (C=O) groups is 1. The van der Waals surface area contributed by atoms with Crippen molar-refractivity contribution in [3.8, 4) is 0 Å². The first-order valence-electron chi connectivity index (χ1n) is 10.6. The van der Waals surface area contributed by atoms with E-state index in [0.29, 0.717) is 12.3 Å². The van der Waals surface area contributed by atoms with E-state index in [1.54, 1.807) is 18.4 Å². The first kappa shape index (κ1) is 22.1. The number of fused-ring (bicyclic) bond motifs is 2. The number of rotatable bonds is 6. The van der Waals surface area contributed by atoms with Gasteiger partial charge in [-0.25, -0.2) is 4.98 Å².